The van der Waals surface area contributed by atoms with Crippen LogP contribution in [0, 0.1) is 20.2 Å². The van der Waals surface area contributed by atoms with Gasteiger partial charge >= 0.3 is 0 Å². The standard InChI is InChI=1S/C19H11N3O6/c23-18-12-6-8-14(21(25)26)17-15(22(27)28)9-7-13(16(12)17)19(24)20(18)10-11-4-2-1-3-5-11/h1-9H,10H2. The van der Waals surface area contributed by atoms with Gasteiger partial charge in [-0.2, -0.15) is 0 Å². The number of nitro groups is 2. The van der Waals surface area contributed by atoms with Crippen molar-refractivity contribution in [3.63, 3.8) is 0 Å². The Kier molecular flexibility index (Phi) is 3.85. The van der Waals surface area contributed by atoms with Gasteiger partial charge in [0.15, 0.2) is 0 Å². The minimum Gasteiger partial charge on any atom is -0.270 e. The molecule has 2 amide bonds. The Hall–Kier alpha value is -4.14. The Labute approximate surface area is 157 Å². The number of rotatable bonds is 4. The van der Waals surface area contributed by atoms with E-state index in [0.717, 1.165) is 22.6 Å². The molecule has 1 aliphatic heterocycles. The van der Waals surface area contributed by atoms with E-state index in [0.29, 0.717) is 0 Å². The van der Waals surface area contributed by atoms with E-state index in [1.807, 2.05) is 0 Å². The zero-order valence-electron chi connectivity index (χ0n) is 14.2. The van der Waals surface area contributed by atoms with E-state index in [-0.39, 0.29) is 28.4 Å². The molecule has 28 heavy (non-hydrogen) atoms. The lowest BCUT2D eigenvalue weighted by Crippen LogP contribution is -2.39. The van der Waals surface area contributed by atoms with Crippen LogP contribution in [-0.4, -0.2) is 26.6 Å². The number of carbonyl (C=O) groups is 2. The highest BCUT2D eigenvalue weighted by Crippen LogP contribution is 2.40. The predicted molar refractivity (Wildman–Crippen MR) is 97.9 cm³/mol. The lowest BCUT2D eigenvalue weighted by molar-refractivity contribution is -0.390. The fraction of sp³-hybridized carbons (Fsp3) is 0.0526. The number of amides is 2. The first-order valence-electron chi connectivity index (χ1n) is 8.18. The molecule has 4 rings (SSSR count). The second-order valence-corrected chi connectivity index (χ2v) is 6.21. The van der Waals surface area contributed by atoms with E-state index in [2.05, 4.69) is 0 Å². The van der Waals surface area contributed by atoms with Gasteiger partial charge in [0, 0.05) is 28.6 Å². The number of carbonyl (C=O) groups excluding carboxylic acids is 2. The number of imide groups is 1. The molecule has 1 aliphatic rings. The van der Waals surface area contributed by atoms with Crippen LogP contribution < -0.4 is 0 Å². The van der Waals surface area contributed by atoms with Crippen molar-refractivity contribution in [2.24, 2.45) is 0 Å². The highest BCUT2D eigenvalue weighted by atomic mass is 16.6. The third-order valence-electron chi connectivity index (χ3n) is 4.64. The lowest BCUT2D eigenvalue weighted by Gasteiger charge is -2.27. The molecule has 0 aromatic heterocycles. The van der Waals surface area contributed by atoms with E-state index in [9.17, 15) is 29.8 Å². The van der Waals surface area contributed by atoms with Crippen LogP contribution in [0.3, 0.4) is 0 Å². The number of benzene rings is 3. The van der Waals surface area contributed by atoms with E-state index in [1.54, 1.807) is 30.3 Å². The summed E-state index contributed by atoms with van der Waals surface area (Å²) in [5, 5.41) is 22.4. The summed E-state index contributed by atoms with van der Waals surface area (Å²) in [4.78, 5) is 48.2. The monoisotopic (exact) mass is 377 g/mol. The van der Waals surface area contributed by atoms with Gasteiger partial charge < -0.3 is 0 Å². The first-order valence-corrected chi connectivity index (χ1v) is 8.18. The molecule has 3 aromatic rings. The molecule has 9 heteroatoms. The van der Waals surface area contributed by atoms with Gasteiger partial charge in [0.1, 0.15) is 5.39 Å². The number of hydrogen-bond donors (Lipinski definition) is 0. The van der Waals surface area contributed by atoms with E-state index < -0.39 is 33.0 Å². The number of nitro benzene ring substituents is 2. The summed E-state index contributed by atoms with van der Waals surface area (Å²) in [6.45, 7) is 0.0212. The van der Waals surface area contributed by atoms with Crippen LogP contribution in [0.1, 0.15) is 26.3 Å². The van der Waals surface area contributed by atoms with Gasteiger partial charge in [-0.05, 0) is 17.7 Å². The van der Waals surface area contributed by atoms with Crippen molar-refractivity contribution in [2.75, 3.05) is 0 Å². The van der Waals surface area contributed by atoms with Gasteiger partial charge in [0.2, 0.25) is 0 Å². The van der Waals surface area contributed by atoms with Crippen molar-refractivity contribution in [3.8, 4) is 0 Å². The van der Waals surface area contributed by atoms with Crippen LogP contribution in [-0.2, 0) is 6.54 Å². The molecule has 0 aliphatic carbocycles. The van der Waals surface area contributed by atoms with Gasteiger partial charge in [0.05, 0.1) is 16.4 Å². The third-order valence-corrected chi connectivity index (χ3v) is 4.64. The molecule has 0 bridgehead atoms. The molecule has 3 aromatic carbocycles. The summed E-state index contributed by atoms with van der Waals surface area (Å²) < 4.78 is 0. The molecule has 1 heterocycles. The molecular weight excluding hydrogens is 366 g/mol. The van der Waals surface area contributed by atoms with Crippen molar-refractivity contribution in [3.05, 3.63) is 91.5 Å². The average Bonchev–Trinajstić information content (AvgIpc) is 2.69. The Bertz CT molecular complexity index is 1120. The summed E-state index contributed by atoms with van der Waals surface area (Å²) in [6, 6.07) is 13.5. The summed E-state index contributed by atoms with van der Waals surface area (Å²) >= 11 is 0. The normalized spacial score (nSPS) is 13.1. The molecule has 138 valence electrons. The molecule has 0 saturated heterocycles. The Morgan fingerprint density at radius 3 is 1.68 bits per heavy atom. The summed E-state index contributed by atoms with van der Waals surface area (Å²) in [5.41, 5.74) is -0.272. The van der Waals surface area contributed by atoms with Crippen molar-refractivity contribution in [2.45, 2.75) is 6.54 Å². The first-order chi connectivity index (χ1) is 13.4. The Balaban J connectivity index is 1.97. The third kappa shape index (κ3) is 2.49. The lowest BCUT2D eigenvalue weighted by atomic mass is 9.91. The van der Waals surface area contributed by atoms with Gasteiger partial charge in [-0.3, -0.25) is 34.7 Å². The quantitative estimate of drug-likeness (QED) is 0.390. The highest BCUT2D eigenvalue weighted by molar-refractivity contribution is 6.27. The molecule has 0 saturated carbocycles. The maximum absolute atomic E-state index is 12.9. The summed E-state index contributed by atoms with van der Waals surface area (Å²) in [7, 11) is 0. The summed E-state index contributed by atoms with van der Waals surface area (Å²) in [6.07, 6.45) is 0. The van der Waals surface area contributed by atoms with Crippen molar-refractivity contribution in [1.82, 2.24) is 4.90 Å². The first kappa shape index (κ1) is 17.3. The fourth-order valence-electron chi connectivity index (χ4n) is 3.41. The zero-order valence-corrected chi connectivity index (χ0v) is 14.2. The van der Waals surface area contributed by atoms with Crippen molar-refractivity contribution < 1.29 is 19.4 Å². The highest BCUT2D eigenvalue weighted by Gasteiger charge is 2.37. The second-order valence-electron chi connectivity index (χ2n) is 6.21. The van der Waals surface area contributed by atoms with Crippen molar-refractivity contribution in [1.29, 1.82) is 0 Å². The minimum absolute atomic E-state index is 0.0212. The van der Waals surface area contributed by atoms with Crippen LogP contribution in [0.2, 0.25) is 0 Å². The van der Waals surface area contributed by atoms with Crippen LogP contribution >= 0.6 is 0 Å². The Morgan fingerprint density at radius 1 is 0.714 bits per heavy atom. The topological polar surface area (TPSA) is 124 Å². The van der Waals surface area contributed by atoms with Crippen LogP contribution in [0.5, 0.6) is 0 Å². The van der Waals surface area contributed by atoms with Gasteiger partial charge in [-0.25, -0.2) is 0 Å². The molecule has 0 N–H and O–H groups in total. The van der Waals surface area contributed by atoms with Crippen LogP contribution in [0.4, 0.5) is 11.4 Å². The van der Waals surface area contributed by atoms with Gasteiger partial charge in [-0.1, -0.05) is 30.3 Å². The second kappa shape index (κ2) is 6.23. The van der Waals surface area contributed by atoms with Crippen LogP contribution in [0.15, 0.2) is 54.6 Å². The predicted octanol–water partition coefficient (Wildman–Crippen LogP) is 3.45. The SMILES string of the molecule is O=C1c2ccc([N+](=O)[O-])c3c([N+](=O)[O-])ccc(c23)C(=O)N1Cc1ccccc1. The summed E-state index contributed by atoms with van der Waals surface area (Å²) in [5.74, 6) is -1.30. The average molecular weight is 377 g/mol. The minimum atomic E-state index is -0.763. The molecular formula is C19H11N3O6. The number of hydrogen-bond acceptors (Lipinski definition) is 6. The number of nitrogens with zero attached hydrogens (tertiary/aromatic N) is 3. The zero-order chi connectivity index (χ0) is 20.0. The molecule has 0 radical (unpaired) electrons. The number of non-ortho nitro benzene ring substituents is 2. The molecule has 0 unspecified atom stereocenters. The van der Waals surface area contributed by atoms with Crippen molar-refractivity contribution >= 4 is 34.0 Å². The molecule has 0 spiro atoms. The molecule has 9 nitrogen and oxygen atoms in total. The molecule has 0 atom stereocenters. The van der Waals surface area contributed by atoms with Crippen LogP contribution in [0.25, 0.3) is 10.8 Å². The fourth-order valence-corrected chi connectivity index (χ4v) is 3.41. The largest absolute Gasteiger partial charge is 0.284 e. The van der Waals surface area contributed by atoms with E-state index in [4.69, 9.17) is 0 Å². The maximum Gasteiger partial charge on any atom is 0.284 e. The molecule has 0 fully saturated rings. The van der Waals surface area contributed by atoms with Gasteiger partial charge in [-0.15, -0.1) is 0 Å². The van der Waals surface area contributed by atoms with E-state index in [1.165, 1.54) is 12.1 Å². The maximum atomic E-state index is 12.9. The smallest absolute Gasteiger partial charge is 0.270 e. The Morgan fingerprint density at radius 2 is 1.21 bits per heavy atom. The van der Waals surface area contributed by atoms with Gasteiger partial charge in [0.25, 0.3) is 23.2 Å². The van der Waals surface area contributed by atoms with E-state index >= 15 is 0 Å².